The van der Waals surface area contributed by atoms with Gasteiger partial charge in [0, 0.05) is 37.2 Å². The van der Waals surface area contributed by atoms with Gasteiger partial charge in [-0.3, -0.25) is 9.78 Å². The summed E-state index contributed by atoms with van der Waals surface area (Å²) in [6.45, 7) is 1.12. The lowest BCUT2D eigenvalue weighted by molar-refractivity contribution is 0.0954. The maximum Gasteiger partial charge on any atom is 0.251 e. The number of nitrogens with zero attached hydrogens (tertiary/aromatic N) is 2. The molecule has 1 aromatic carbocycles. The van der Waals surface area contributed by atoms with Crippen molar-refractivity contribution in [3.63, 3.8) is 0 Å². The van der Waals surface area contributed by atoms with E-state index >= 15 is 0 Å². The molecule has 27 heavy (non-hydrogen) atoms. The van der Waals surface area contributed by atoms with E-state index in [1.165, 1.54) is 0 Å². The van der Waals surface area contributed by atoms with E-state index in [4.69, 9.17) is 4.74 Å². The number of hydrogen-bond acceptors (Lipinski definition) is 5. The summed E-state index contributed by atoms with van der Waals surface area (Å²) in [5, 5.41) is 6.15. The second kappa shape index (κ2) is 9.33. The van der Waals surface area contributed by atoms with Crippen molar-refractivity contribution in [1.29, 1.82) is 0 Å². The first-order valence-electron chi connectivity index (χ1n) is 8.75. The number of carbonyl (C=O) groups excluding carboxylic acids is 1. The zero-order valence-corrected chi connectivity index (χ0v) is 15.2. The van der Waals surface area contributed by atoms with Gasteiger partial charge in [0.05, 0.1) is 7.11 Å². The minimum absolute atomic E-state index is 0.128. The van der Waals surface area contributed by atoms with Crippen LogP contribution in [0.15, 0.2) is 67.1 Å². The maximum atomic E-state index is 12.4. The van der Waals surface area contributed by atoms with Crippen LogP contribution in [0, 0.1) is 0 Å². The van der Waals surface area contributed by atoms with Gasteiger partial charge < -0.3 is 15.4 Å². The van der Waals surface area contributed by atoms with Gasteiger partial charge in [0.15, 0.2) is 0 Å². The number of pyridine rings is 2. The summed E-state index contributed by atoms with van der Waals surface area (Å²) in [6.07, 6.45) is 5.85. The Morgan fingerprint density at radius 2 is 2.00 bits per heavy atom. The molecule has 0 spiro atoms. The summed E-state index contributed by atoms with van der Waals surface area (Å²) in [5.41, 5.74) is 2.68. The van der Waals surface area contributed by atoms with Crippen molar-refractivity contribution in [2.24, 2.45) is 0 Å². The first-order valence-corrected chi connectivity index (χ1v) is 8.75. The van der Waals surface area contributed by atoms with Crippen LogP contribution in [0.1, 0.15) is 21.5 Å². The van der Waals surface area contributed by atoms with Gasteiger partial charge in [0.2, 0.25) is 0 Å². The number of anilines is 1. The van der Waals surface area contributed by atoms with E-state index in [1.54, 1.807) is 37.8 Å². The standard InChI is InChI=1S/C21H22N4O2/c1-27-19-7-3-2-6-17(19)8-12-24-21(26)18-9-11-23-20(13-18)25-15-16-5-4-10-22-14-16/h2-7,9-11,13-14H,8,12,15H2,1H3,(H,23,25)(H,24,26). The van der Waals surface area contributed by atoms with Gasteiger partial charge in [-0.2, -0.15) is 0 Å². The Bertz CT molecular complexity index is 884. The molecule has 138 valence electrons. The smallest absolute Gasteiger partial charge is 0.251 e. The minimum Gasteiger partial charge on any atom is -0.496 e. The van der Waals surface area contributed by atoms with Crippen LogP contribution < -0.4 is 15.4 Å². The highest BCUT2D eigenvalue weighted by Gasteiger charge is 2.08. The lowest BCUT2D eigenvalue weighted by atomic mass is 10.1. The average Bonchev–Trinajstić information content (AvgIpc) is 2.73. The number of para-hydroxylation sites is 1. The first-order chi connectivity index (χ1) is 13.3. The predicted molar refractivity (Wildman–Crippen MR) is 105 cm³/mol. The molecule has 0 unspecified atom stereocenters. The molecule has 6 nitrogen and oxygen atoms in total. The lowest BCUT2D eigenvalue weighted by Crippen LogP contribution is -2.26. The van der Waals surface area contributed by atoms with Crippen LogP contribution in [0.2, 0.25) is 0 Å². The Hall–Kier alpha value is -3.41. The van der Waals surface area contributed by atoms with Crippen LogP contribution in [0.25, 0.3) is 0 Å². The second-order valence-electron chi connectivity index (χ2n) is 5.96. The van der Waals surface area contributed by atoms with Gasteiger partial charge in [-0.05, 0) is 41.8 Å². The Morgan fingerprint density at radius 1 is 1.11 bits per heavy atom. The SMILES string of the molecule is COc1ccccc1CCNC(=O)c1ccnc(NCc2cccnc2)c1. The van der Waals surface area contributed by atoms with Crippen LogP contribution in [0.3, 0.4) is 0 Å². The third-order valence-corrected chi connectivity index (χ3v) is 4.09. The summed E-state index contributed by atoms with van der Waals surface area (Å²) in [7, 11) is 1.65. The molecule has 6 heteroatoms. The number of methoxy groups -OCH3 is 1. The third kappa shape index (κ3) is 5.28. The summed E-state index contributed by atoms with van der Waals surface area (Å²) in [4.78, 5) is 20.7. The van der Waals surface area contributed by atoms with Crippen LogP contribution in [-0.4, -0.2) is 29.5 Å². The molecular formula is C21H22N4O2. The van der Waals surface area contributed by atoms with E-state index in [9.17, 15) is 4.79 Å². The quantitative estimate of drug-likeness (QED) is 0.644. The number of ether oxygens (including phenoxy) is 1. The molecule has 0 aliphatic carbocycles. The van der Waals surface area contributed by atoms with Crippen LogP contribution in [0.4, 0.5) is 5.82 Å². The van der Waals surface area contributed by atoms with Gasteiger partial charge in [0.1, 0.15) is 11.6 Å². The fourth-order valence-corrected chi connectivity index (χ4v) is 2.69. The summed E-state index contributed by atoms with van der Waals surface area (Å²) in [5.74, 6) is 1.35. The molecular weight excluding hydrogens is 340 g/mol. The molecule has 0 bridgehead atoms. The van der Waals surface area contributed by atoms with Crippen LogP contribution >= 0.6 is 0 Å². The topological polar surface area (TPSA) is 76.1 Å². The number of carbonyl (C=O) groups is 1. The highest BCUT2D eigenvalue weighted by molar-refractivity contribution is 5.94. The fraction of sp³-hybridized carbons (Fsp3) is 0.190. The molecule has 2 N–H and O–H groups in total. The summed E-state index contributed by atoms with van der Waals surface area (Å²) >= 11 is 0. The average molecular weight is 362 g/mol. The Labute approximate surface area is 158 Å². The Morgan fingerprint density at radius 3 is 2.81 bits per heavy atom. The zero-order chi connectivity index (χ0) is 18.9. The van der Waals surface area contributed by atoms with Crippen molar-refractivity contribution in [2.45, 2.75) is 13.0 Å². The molecule has 2 aromatic heterocycles. The van der Waals surface area contributed by atoms with Gasteiger partial charge in [-0.15, -0.1) is 0 Å². The van der Waals surface area contributed by atoms with Crippen molar-refractivity contribution in [1.82, 2.24) is 15.3 Å². The van der Waals surface area contributed by atoms with E-state index < -0.39 is 0 Å². The fourth-order valence-electron chi connectivity index (χ4n) is 2.69. The molecule has 1 amide bonds. The van der Waals surface area contributed by atoms with Crippen molar-refractivity contribution >= 4 is 11.7 Å². The molecule has 3 rings (SSSR count). The highest BCUT2D eigenvalue weighted by Crippen LogP contribution is 2.17. The molecule has 3 aromatic rings. The van der Waals surface area contributed by atoms with E-state index in [0.717, 1.165) is 16.9 Å². The molecule has 0 aliphatic rings. The predicted octanol–water partition coefficient (Wildman–Crippen LogP) is 3.07. The molecule has 0 radical (unpaired) electrons. The monoisotopic (exact) mass is 362 g/mol. The van der Waals surface area contributed by atoms with E-state index in [-0.39, 0.29) is 5.91 Å². The number of rotatable bonds is 8. The van der Waals surface area contributed by atoms with Crippen molar-refractivity contribution in [2.75, 3.05) is 19.0 Å². The molecule has 2 heterocycles. The largest absolute Gasteiger partial charge is 0.496 e. The van der Waals surface area contributed by atoms with Crippen LogP contribution in [0.5, 0.6) is 5.75 Å². The summed E-state index contributed by atoms with van der Waals surface area (Å²) in [6, 6.07) is 15.1. The maximum absolute atomic E-state index is 12.4. The number of hydrogen-bond donors (Lipinski definition) is 2. The van der Waals surface area contributed by atoms with E-state index in [1.807, 2.05) is 36.4 Å². The number of amides is 1. The molecule has 0 atom stereocenters. The van der Waals surface area contributed by atoms with Crippen molar-refractivity contribution in [3.8, 4) is 5.75 Å². The Kier molecular flexibility index (Phi) is 6.35. The van der Waals surface area contributed by atoms with Crippen molar-refractivity contribution < 1.29 is 9.53 Å². The number of aromatic nitrogens is 2. The Balaban J connectivity index is 1.54. The second-order valence-corrected chi connectivity index (χ2v) is 5.96. The third-order valence-electron chi connectivity index (χ3n) is 4.09. The van der Waals surface area contributed by atoms with Crippen molar-refractivity contribution in [3.05, 3.63) is 83.8 Å². The van der Waals surface area contributed by atoms with Gasteiger partial charge >= 0.3 is 0 Å². The normalized spacial score (nSPS) is 10.3. The van der Waals surface area contributed by atoms with Gasteiger partial charge in [-0.1, -0.05) is 24.3 Å². The minimum atomic E-state index is -0.128. The molecule has 0 aliphatic heterocycles. The molecule has 0 saturated carbocycles. The van der Waals surface area contributed by atoms with Gasteiger partial charge in [-0.25, -0.2) is 4.98 Å². The lowest BCUT2D eigenvalue weighted by Gasteiger charge is -2.10. The van der Waals surface area contributed by atoms with E-state index in [2.05, 4.69) is 20.6 Å². The zero-order valence-electron chi connectivity index (χ0n) is 15.2. The first kappa shape index (κ1) is 18.4. The highest BCUT2D eigenvalue weighted by atomic mass is 16.5. The molecule has 0 fully saturated rings. The molecule has 0 saturated heterocycles. The summed E-state index contributed by atoms with van der Waals surface area (Å²) < 4.78 is 5.33. The van der Waals surface area contributed by atoms with E-state index in [0.29, 0.717) is 30.9 Å². The van der Waals surface area contributed by atoms with Crippen LogP contribution in [-0.2, 0) is 13.0 Å². The van der Waals surface area contributed by atoms with Gasteiger partial charge in [0.25, 0.3) is 5.91 Å². The number of benzene rings is 1. The number of nitrogens with one attached hydrogen (secondary N) is 2.